The van der Waals surface area contributed by atoms with Gasteiger partial charge in [0, 0.05) is 9.37 Å². The van der Waals surface area contributed by atoms with Crippen LogP contribution in [0.5, 0.6) is 0 Å². The lowest BCUT2D eigenvalue weighted by atomic mass is 10.2. The summed E-state index contributed by atoms with van der Waals surface area (Å²) in [6, 6.07) is 6.48. The van der Waals surface area contributed by atoms with Crippen molar-refractivity contribution in [3.63, 3.8) is 0 Å². The Morgan fingerprint density at radius 3 is 3.20 bits per heavy atom. The van der Waals surface area contributed by atoms with Crippen LogP contribution >= 0.6 is 44.2 Å². The highest BCUT2D eigenvalue weighted by molar-refractivity contribution is 14.2. The summed E-state index contributed by atoms with van der Waals surface area (Å²) in [4.78, 5) is 1.45. The van der Waals surface area contributed by atoms with Gasteiger partial charge in [-0.2, -0.15) is 0 Å². The van der Waals surface area contributed by atoms with Crippen LogP contribution in [0.1, 0.15) is 5.56 Å². The average molecular weight is 327 g/mol. The molecule has 0 unspecified atom stereocenters. The number of benzene rings is 1. The first kappa shape index (κ1) is 7.31. The lowest BCUT2D eigenvalue weighted by molar-refractivity contribution is 1.43. The Hall–Kier alpha value is 0.650. The van der Waals surface area contributed by atoms with Crippen molar-refractivity contribution in [2.75, 3.05) is 0 Å². The van der Waals surface area contributed by atoms with Crippen molar-refractivity contribution in [3.8, 4) is 0 Å². The van der Waals surface area contributed by atoms with Gasteiger partial charge in [0.2, 0.25) is 0 Å². The summed E-state index contributed by atoms with van der Waals surface area (Å²) in [6.07, 6.45) is 0. The maximum absolute atomic E-state index is 3.45. The number of fused-ring (bicyclic) bond motifs is 1. The molecular formula is C7H4BrIS. The van der Waals surface area contributed by atoms with Crippen molar-refractivity contribution in [1.82, 2.24) is 0 Å². The lowest BCUT2D eigenvalue weighted by Gasteiger charge is -1.95. The zero-order valence-electron chi connectivity index (χ0n) is 4.97. The van der Waals surface area contributed by atoms with Gasteiger partial charge >= 0.3 is 0 Å². The molecule has 1 aliphatic rings. The first-order chi connectivity index (χ1) is 4.86. The van der Waals surface area contributed by atoms with Gasteiger partial charge in [-0.05, 0) is 41.1 Å². The van der Waals surface area contributed by atoms with Crippen molar-refractivity contribution in [3.05, 3.63) is 28.2 Å². The second-order valence-corrected chi connectivity index (χ2v) is 7.12. The quantitative estimate of drug-likeness (QED) is 0.657. The maximum atomic E-state index is 3.45. The van der Waals surface area contributed by atoms with E-state index in [1.807, 2.05) is 8.93 Å². The fraction of sp³-hybridized carbons (Fsp3) is 0. The highest BCUT2D eigenvalue weighted by Gasteiger charge is 2.04. The van der Waals surface area contributed by atoms with Crippen molar-refractivity contribution < 1.29 is 0 Å². The fourth-order valence-corrected chi connectivity index (χ4v) is 5.84. The molecule has 1 heterocycles. The van der Waals surface area contributed by atoms with E-state index in [0.29, 0.717) is 0 Å². The largest absolute Gasteiger partial charge is 0.0583 e. The van der Waals surface area contributed by atoms with Crippen molar-refractivity contribution in [1.29, 1.82) is 0 Å². The van der Waals surface area contributed by atoms with Crippen LogP contribution in [0, 0.1) is 0 Å². The summed E-state index contributed by atoms with van der Waals surface area (Å²) < 4.78 is 3.56. The Bertz CT molecular complexity index is 296. The van der Waals surface area contributed by atoms with E-state index in [4.69, 9.17) is 0 Å². The van der Waals surface area contributed by atoms with Crippen LogP contribution in [0.3, 0.4) is 0 Å². The van der Waals surface area contributed by atoms with Crippen LogP contribution in [-0.4, -0.2) is 4.01 Å². The summed E-state index contributed by atoms with van der Waals surface area (Å²) >= 11 is 3.72. The first-order valence-corrected chi connectivity index (χ1v) is 8.19. The number of rotatable bonds is 0. The topological polar surface area (TPSA) is 0 Å². The van der Waals surface area contributed by atoms with Gasteiger partial charge in [0.25, 0.3) is 0 Å². The molecule has 0 aromatic heterocycles. The highest BCUT2D eigenvalue weighted by Crippen LogP contribution is 2.40. The third-order valence-corrected chi connectivity index (χ3v) is 6.08. The van der Waals surface area contributed by atoms with Crippen molar-refractivity contribution in [2.45, 2.75) is 4.90 Å². The second kappa shape index (κ2) is 2.95. The van der Waals surface area contributed by atoms with Gasteiger partial charge in [-0.15, -0.1) is 0 Å². The molecule has 0 bridgehead atoms. The molecule has 0 spiro atoms. The van der Waals surface area contributed by atoms with E-state index < -0.39 is 0 Å². The molecule has 0 amide bonds. The van der Waals surface area contributed by atoms with Gasteiger partial charge in [-0.25, -0.2) is 0 Å². The Morgan fingerprint density at radius 2 is 2.30 bits per heavy atom. The standard InChI is InChI=1S/C7H4BrIS/c8-6-2-1-5-4-9-10-7(5)3-6/h1-4H. The van der Waals surface area contributed by atoms with E-state index in [1.165, 1.54) is 14.9 Å². The second-order valence-electron chi connectivity index (χ2n) is 1.96. The van der Waals surface area contributed by atoms with E-state index in [2.05, 4.69) is 38.1 Å². The molecule has 10 heavy (non-hydrogen) atoms. The molecule has 0 nitrogen and oxygen atoms in total. The molecular weight excluding hydrogens is 323 g/mol. The normalized spacial score (nSPS) is 14.5. The van der Waals surface area contributed by atoms with Crippen LogP contribution in [0.25, 0.3) is 0 Å². The molecule has 0 saturated heterocycles. The van der Waals surface area contributed by atoms with Gasteiger partial charge in [-0.1, -0.05) is 30.9 Å². The zero-order valence-corrected chi connectivity index (χ0v) is 9.53. The van der Waals surface area contributed by atoms with E-state index in [-0.39, 0.29) is 19.3 Å². The molecule has 2 rings (SSSR count). The van der Waals surface area contributed by atoms with Gasteiger partial charge in [0.15, 0.2) is 0 Å². The average Bonchev–Trinajstić information content (AvgIpc) is 2.33. The molecule has 0 N–H and O–H groups in total. The summed E-state index contributed by atoms with van der Waals surface area (Å²) in [5, 5.41) is 0. The first-order valence-electron chi connectivity index (χ1n) is 2.79. The van der Waals surface area contributed by atoms with Gasteiger partial charge in [-0.3, -0.25) is 0 Å². The molecule has 0 fully saturated rings. The van der Waals surface area contributed by atoms with Gasteiger partial charge in [0.05, 0.1) is 0 Å². The fourth-order valence-electron chi connectivity index (χ4n) is 0.783. The number of halogens is 2. The zero-order chi connectivity index (χ0) is 6.97. The van der Waals surface area contributed by atoms with Gasteiger partial charge < -0.3 is 0 Å². The molecule has 1 aromatic carbocycles. The Kier molecular flexibility index (Phi) is 2.15. The third kappa shape index (κ3) is 1.31. The van der Waals surface area contributed by atoms with Crippen molar-refractivity contribution >= 4 is 48.2 Å². The smallest absolute Gasteiger partial charge is 0.0263 e. The molecule has 3 heteroatoms. The molecule has 1 aromatic rings. The molecule has 0 saturated carbocycles. The van der Waals surface area contributed by atoms with Crippen LogP contribution in [0.15, 0.2) is 27.6 Å². The summed E-state index contributed by atoms with van der Waals surface area (Å²) in [6.45, 7) is 0. The van der Waals surface area contributed by atoms with Crippen molar-refractivity contribution in [2.24, 2.45) is 0 Å². The Morgan fingerprint density at radius 1 is 1.40 bits per heavy atom. The number of hydrogen-bond acceptors (Lipinski definition) is 1. The third-order valence-electron chi connectivity index (χ3n) is 1.27. The Labute approximate surface area is 80.7 Å². The minimum atomic E-state index is 0.271. The summed E-state index contributed by atoms with van der Waals surface area (Å²) in [5.74, 6) is 0. The minimum absolute atomic E-state index is 0.271. The lowest BCUT2D eigenvalue weighted by Crippen LogP contribution is -1.77. The van der Waals surface area contributed by atoms with E-state index in [9.17, 15) is 0 Å². The van der Waals surface area contributed by atoms with Crippen LogP contribution in [0.4, 0.5) is 0 Å². The monoisotopic (exact) mass is 326 g/mol. The molecule has 52 valence electrons. The predicted molar refractivity (Wildman–Crippen MR) is 59.2 cm³/mol. The number of hydrogen-bond donors (Lipinski definition) is 0. The molecule has 0 radical (unpaired) electrons. The Balaban J connectivity index is 2.59. The highest BCUT2D eigenvalue weighted by atomic mass is 127. The minimum Gasteiger partial charge on any atom is -0.0583 e. The maximum Gasteiger partial charge on any atom is 0.0263 e. The van der Waals surface area contributed by atoms with Crippen LogP contribution in [-0.2, 0) is 0 Å². The SMILES string of the molecule is Brc1ccc2c(c1)SI=C2. The summed E-state index contributed by atoms with van der Waals surface area (Å²) in [5.41, 5.74) is 1.43. The van der Waals surface area contributed by atoms with E-state index in [1.54, 1.807) is 0 Å². The van der Waals surface area contributed by atoms with Gasteiger partial charge in [0.1, 0.15) is 0 Å². The predicted octanol–water partition coefficient (Wildman–Crippen LogP) is 3.59. The van der Waals surface area contributed by atoms with E-state index in [0.717, 1.165) is 0 Å². The molecule has 0 atom stereocenters. The summed E-state index contributed by atoms with van der Waals surface area (Å²) in [7, 11) is 2.01. The molecule has 0 aliphatic carbocycles. The van der Waals surface area contributed by atoms with Crippen LogP contribution < -0.4 is 0 Å². The molecule has 1 aliphatic heterocycles. The van der Waals surface area contributed by atoms with Crippen LogP contribution in [0.2, 0.25) is 0 Å². The van der Waals surface area contributed by atoms with E-state index >= 15 is 0 Å².